The first kappa shape index (κ1) is 15.5. The van der Waals surface area contributed by atoms with Crippen LogP contribution in [0, 0.1) is 24.2 Å². The Morgan fingerprint density at radius 3 is 2.77 bits per heavy atom. The molecule has 5 nitrogen and oxygen atoms in total. The Hall–Kier alpha value is -1.41. The predicted molar refractivity (Wildman–Crippen MR) is 83.1 cm³/mol. The largest absolute Gasteiger partial charge is 0.379 e. The molecule has 3 rings (SSSR count). The number of nitrogens with zero attached hydrogens (tertiary/aromatic N) is 3. The summed E-state index contributed by atoms with van der Waals surface area (Å²) in [5.41, 5.74) is -0.349. The molecule has 1 aliphatic carbocycles. The zero-order valence-electron chi connectivity index (χ0n) is 13.2. The van der Waals surface area contributed by atoms with Crippen molar-refractivity contribution in [1.29, 1.82) is 0 Å². The summed E-state index contributed by atoms with van der Waals surface area (Å²) >= 11 is 0. The molecule has 22 heavy (non-hydrogen) atoms. The highest BCUT2D eigenvalue weighted by molar-refractivity contribution is 5.76. The minimum atomic E-state index is -0.349. The van der Waals surface area contributed by atoms with Crippen LogP contribution in [0.5, 0.6) is 0 Å². The fourth-order valence-electron chi connectivity index (χ4n) is 3.39. The first-order chi connectivity index (χ1) is 10.7. The van der Waals surface area contributed by atoms with E-state index in [-0.39, 0.29) is 11.6 Å². The summed E-state index contributed by atoms with van der Waals surface area (Å²) in [6.45, 7) is 3.04. The van der Waals surface area contributed by atoms with Gasteiger partial charge in [-0.2, -0.15) is 10.2 Å². The molecule has 1 amide bonds. The maximum absolute atomic E-state index is 12.5. The van der Waals surface area contributed by atoms with Crippen molar-refractivity contribution >= 4 is 5.91 Å². The van der Waals surface area contributed by atoms with E-state index in [9.17, 15) is 4.79 Å². The van der Waals surface area contributed by atoms with Crippen molar-refractivity contribution in [2.45, 2.75) is 50.6 Å². The van der Waals surface area contributed by atoms with Gasteiger partial charge in [0.25, 0.3) is 0 Å². The Morgan fingerprint density at radius 2 is 2.14 bits per heavy atom. The summed E-state index contributed by atoms with van der Waals surface area (Å²) in [5, 5.41) is 8.21. The quantitative estimate of drug-likeness (QED) is 0.708. The van der Waals surface area contributed by atoms with Crippen molar-refractivity contribution in [2.24, 2.45) is 22.1 Å². The highest BCUT2D eigenvalue weighted by Crippen LogP contribution is 2.38. The maximum Gasteiger partial charge on any atom is 0.222 e. The van der Waals surface area contributed by atoms with Gasteiger partial charge >= 0.3 is 0 Å². The average molecular weight is 303 g/mol. The van der Waals surface area contributed by atoms with Crippen molar-refractivity contribution in [3.8, 4) is 12.3 Å². The molecule has 0 spiro atoms. The van der Waals surface area contributed by atoms with Gasteiger partial charge in [-0.1, -0.05) is 19.3 Å². The predicted octanol–water partition coefficient (Wildman–Crippen LogP) is 2.62. The molecule has 0 bridgehead atoms. The fraction of sp³-hybridized carbons (Fsp3) is 0.824. The lowest BCUT2D eigenvalue weighted by atomic mass is 9.76. The second-order valence-corrected chi connectivity index (χ2v) is 6.75. The number of ether oxygens (including phenoxy) is 1. The van der Waals surface area contributed by atoms with Crippen molar-refractivity contribution in [3.05, 3.63) is 0 Å². The van der Waals surface area contributed by atoms with Crippen molar-refractivity contribution in [3.63, 3.8) is 0 Å². The van der Waals surface area contributed by atoms with Crippen LogP contribution in [0.15, 0.2) is 10.2 Å². The number of hydrogen-bond donors (Lipinski definition) is 0. The van der Waals surface area contributed by atoms with E-state index in [4.69, 9.17) is 11.2 Å². The van der Waals surface area contributed by atoms with Crippen LogP contribution in [-0.2, 0) is 9.53 Å². The number of terminal acetylenes is 1. The molecule has 1 atom stereocenters. The van der Waals surface area contributed by atoms with E-state index < -0.39 is 0 Å². The van der Waals surface area contributed by atoms with E-state index in [1.54, 1.807) is 0 Å². The maximum atomic E-state index is 12.5. The molecule has 120 valence electrons. The lowest BCUT2D eigenvalue weighted by Crippen LogP contribution is -2.39. The first-order valence-corrected chi connectivity index (χ1v) is 8.45. The Balaban J connectivity index is 1.47. The first-order valence-electron chi connectivity index (χ1n) is 8.45. The molecule has 5 heteroatoms. The third-order valence-electron chi connectivity index (χ3n) is 5.25. The minimum Gasteiger partial charge on any atom is -0.379 e. The average Bonchev–Trinajstić information content (AvgIpc) is 3.26. The number of carbonyl (C=O) groups excluding carboxylic acids is 1. The van der Waals surface area contributed by atoms with E-state index in [1.165, 1.54) is 19.3 Å². The van der Waals surface area contributed by atoms with Gasteiger partial charge in [-0.25, -0.2) is 0 Å². The van der Waals surface area contributed by atoms with E-state index in [1.807, 2.05) is 4.90 Å². The third-order valence-corrected chi connectivity index (χ3v) is 5.25. The normalized spacial score (nSPS) is 26.9. The molecular formula is C17H25N3O2. The molecular weight excluding hydrogens is 278 g/mol. The summed E-state index contributed by atoms with van der Waals surface area (Å²) in [5.74, 6) is 4.11. The van der Waals surface area contributed by atoms with Crippen LogP contribution in [-0.4, -0.2) is 42.8 Å². The lowest BCUT2D eigenvalue weighted by Gasteiger charge is -2.35. The van der Waals surface area contributed by atoms with Gasteiger partial charge in [0, 0.05) is 44.7 Å². The second-order valence-electron chi connectivity index (χ2n) is 6.75. The third kappa shape index (κ3) is 3.67. The molecule has 1 saturated heterocycles. The molecule has 0 aromatic heterocycles. The summed E-state index contributed by atoms with van der Waals surface area (Å²) < 4.78 is 5.70. The Kier molecular flexibility index (Phi) is 4.77. The topological polar surface area (TPSA) is 54.3 Å². The van der Waals surface area contributed by atoms with Gasteiger partial charge in [0.15, 0.2) is 5.66 Å². The summed E-state index contributed by atoms with van der Waals surface area (Å²) in [7, 11) is 0. The van der Waals surface area contributed by atoms with Gasteiger partial charge < -0.3 is 9.64 Å². The van der Waals surface area contributed by atoms with Crippen molar-refractivity contribution in [1.82, 2.24) is 4.90 Å². The zero-order valence-corrected chi connectivity index (χ0v) is 13.2. The number of carbonyl (C=O) groups is 1. The van der Waals surface area contributed by atoms with Gasteiger partial charge in [0.2, 0.25) is 5.91 Å². The van der Waals surface area contributed by atoms with Crippen LogP contribution in [0.4, 0.5) is 0 Å². The molecule has 2 aliphatic heterocycles. The van der Waals surface area contributed by atoms with Crippen LogP contribution in [0.3, 0.4) is 0 Å². The molecule has 0 N–H and O–H groups in total. The molecule has 1 unspecified atom stereocenters. The minimum absolute atomic E-state index is 0.215. The van der Waals surface area contributed by atoms with Crippen LogP contribution in [0.1, 0.15) is 44.9 Å². The Bertz CT molecular complexity index is 473. The standard InChI is InChI=1S/C17H25N3O2/c1-2-3-8-17(18-19-17)9-7-16(21)20-10-11-22-13-15(12-20)14-5-4-6-14/h1,14-15H,3-13H2. The number of amides is 1. The van der Waals surface area contributed by atoms with E-state index in [2.05, 4.69) is 16.1 Å². The molecule has 0 aromatic rings. The SMILES string of the molecule is C#CCCC1(CCC(=O)N2CCOCC(C3CCC3)C2)N=N1. The highest BCUT2D eigenvalue weighted by Gasteiger charge is 2.40. The van der Waals surface area contributed by atoms with Gasteiger partial charge in [-0.05, 0) is 5.92 Å². The highest BCUT2D eigenvalue weighted by atomic mass is 16.5. The smallest absolute Gasteiger partial charge is 0.222 e. The van der Waals surface area contributed by atoms with Crippen molar-refractivity contribution in [2.75, 3.05) is 26.3 Å². The molecule has 2 fully saturated rings. The Labute approximate surface area is 132 Å². The van der Waals surface area contributed by atoms with Crippen LogP contribution in [0.2, 0.25) is 0 Å². The molecule has 2 heterocycles. The van der Waals surface area contributed by atoms with Gasteiger partial charge in [0.1, 0.15) is 0 Å². The van der Waals surface area contributed by atoms with E-state index >= 15 is 0 Å². The monoisotopic (exact) mass is 303 g/mol. The molecule has 1 saturated carbocycles. The van der Waals surface area contributed by atoms with Gasteiger partial charge in [-0.3, -0.25) is 4.79 Å². The summed E-state index contributed by atoms with van der Waals surface area (Å²) in [6, 6.07) is 0. The fourth-order valence-corrected chi connectivity index (χ4v) is 3.39. The lowest BCUT2D eigenvalue weighted by molar-refractivity contribution is -0.132. The van der Waals surface area contributed by atoms with Gasteiger partial charge in [0.05, 0.1) is 13.2 Å². The van der Waals surface area contributed by atoms with E-state index in [0.29, 0.717) is 38.3 Å². The molecule has 3 aliphatic rings. The second kappa shape index (κ2) is 6.78. The summed E-state index contributed by atoms with van der Waals surface area (Å²) in [4.78, 5) is 14.5. The zero-order chi connectivity index (χ0) is 15.4. The van der Waals surface area contributed by atoms with Crippen LogP contribution >= 0.6 is 0 Å². The number of rotatable bonds is 6. The molecule has 0 radical (unpaired) electrons. The van der Waals surface area contributed by atoms with Gasteiger partial charge in [-0.15, -0.1) is 12.3 Å². The number of hydrogen-bond acceptors (Lipinski definition) is 4. The van der Waals surface area contributed by atoms with E-state index in [0.717, 1.165) is 25.5 Å². The molecule has 0 aromatic carbocycles. The van der Waals surface area contributed by atoms with Crippen LogP contribution in [0.25, 0.3) is 0 Å². The van der Waals surface area contributed by atoms with Crippen LogP contribution < -0.4 is 0 Å². The van der Waals surface area contributed by atoms with Crippen molar-refractivity contribution < 1.29 is 9.53 Å². The Morgan fingerprint density at radius 1 is 1.32 bits per heavy atom. The summed E-state index contributed by atoms with van der Waals surface area (Å²) in [6.07, 6.45) is 11.9.